The lowest BCUT2D eigenvalue weighted by Gasteiger charge is -2.20. The van der Waals surface area contributed by atoms with Crippen LogP contribution in [0.15, 0.2) is 158 Å². The highest BCUT2D eigenvalue weighted by molar-refractivity contribution is 6.36. The molecular formula is C46H26F6N2O2. The van der Waals surface area contributed by atoms with Gasteiger partial charge in [0.25, 0.3) is 11.8 Å². The van der Waals surface area contributed by atoms with Gasteiger partial charge in [0.1, 0.15) is 0 Å². The lowest BCUT2D eigenvalue weighted by molar-refractivity contribution is -0.143. The van der Waals surface area contributed by atoms with Gasteiger partial charge in [0, 0.05) is 16.3 Å². The molecule has 0 radical (unpaired) electrons. The topological polar surface area (TPSA) is 42.3 Å². The minimum atomic E-state index is -5.04. The third-order valence-corrected chi connectivity index (χ3v) is 10.2. The lowest BCUT2D eigenvalue weighted by Crippen LogP contribution is -2.30. The van der Waals surface area contributed by atoms with Crippen LogP contribution in [0.4, 0.5) is 32.0 Å². The number of carbonyl (C=O) groups is 2. The number of anilines is 1. The summed E-state index contributed by atoms with van der Waals surface area (Å²) < 4.78 is 85.6. The molecule has 0 bridgehead atoms. The Morgan fingerprint density at radius 2 is 1.00 bits per heavy atom. The molecule has 1 aromatic heterocycles. The molecule has 2 heterocycles. The Balaban J connectivity index is 1.24. The number of aromatic nitrogens is 1. The largest absolute Gasteiger partial charge is 0.416 e. The van der Waals surface area contributed by atoms with Crippen molar-refractivity contribution in [2.45, 2.75) is 12.4 Å². The van der Waals surface area contributed by atoms with E-state index in [1.54, 1.807) is 65.2 Å². The summed E-state index contributed by atoms with van der Waals surface area (Å²) in [4.78, 5) is 30.3. The number of hydrogen-bond acceptors (Lipinski definition) is 2. The molecule has 274 valence electrons. The van der Waals surface area contributed by atoms with Gasteiger partial charge in [0.15, 0.2) is 0 Å². The number of amides is 2. The highest BCUT2D eigenvalue weighted by atomic mass is 19.4. The first kappa shape index (κ1) is 34.8. The fourth-order valence-corrected chi connectivity index (χ4v) is 7.69. The SMILES string of the molecule is O=C1c2cccc(-n3c4ccccc4c4c(-c5cc(C(F)(F)F)cc(C(F)(F)F)c5)cccc43)c2C(=O)N1c1ccc(-c2ccccc2)cc1-c1ccccc1. The van der Waals surface area contributed by atoms with Crippen molar-refractivity contribution >= 4 is 39.3 Å². The highest BCUT2D eigenvalue weighted by Crippen LogP contribution is 2.45. The summed E-state index contributed by atoms with van der Waals surface area (Å²) in [5.74, 6) is -1.12. The Hall–Kier alpha value is -6.94. The van der Waals surface area contributed by atoms with Crippen molar-refractivity contribution in [1.29, 1.82) is 0 Å². The van der Waals surface area contributed by atoms with E-state index in [-0.39, 0.29) is 28.3 Å². The molecule has 10 heteroatoms. The summed E-state index contributed by atoms with van der Waals surface area (Å²) in [6.45, 7) is 0. The maximum Gasteiger partial charge on any atom is 0.416 e. The van der Waals surface area contributed by atoms with E-state index in [9.17, 15) is 35.9 Å². The fourth-order valence-electron chi connectivity index (χ4n) is 7.69. The Bertz CT molecular complexity index is 2850. The van der Waals surface area contributed by atoms with Crippen molar-refractivity contribution in [2.75, 3.05) is 4.90 Å². The number of hydrogen-bond donors (Lipinski definition) is 0. The van der Waals surface area contributed by atoms with E-state index in [4.69, 9.17) is 0 Å². The maximum absolute atomic E-state index is 14.8. The van der Waals surface area contributed by atoms with E-state index in [1.807, 2.05) is 72.8 Å². The van der Waals surface area contributed by atoms with Crippen LogP contribution < -0.4 is 4.90 Å². The number of carbonyl (C=O) groups excluding carboxylic acids is 2. The molecule has 0 atom stereocenters. The van der Waals surface area contributed by atoms with E-state index >= 15 is 0 Å². The number of benzene rings is 7. The fraction of sp³-hybridized carbons (Fsp3) is 0.0435. The first-order chi connectivity index (χ1) is 26.9. The zero-order valence-corrected chi connectivity index (χ0v) is 29.0. The zero-order valence-electron chi connectivity index (χ0n) is 29.0. The van der Waals surface area contributed by atoms with Crippen molar-refractivity contribution in [1.82, 2.24) is 4.57 Å². The van der Waals surface area contributed by atoms with Crippen LogP contribution in [0.2, 0.25) is 0 Å². The van der Waals surface area contributed by atoms with Crippen LogP contribution in [0.1, 0.15) is 31.8 Å². The van der Waals surface area contributed by atoms with Crippen molar-refractivity contribution in [3.05, 3.63) is 180 Å². The van der Waals surface area contributed by atoms with Crippen LogP contribution in [0.3, 0.4) is 0 Å². The number of alkyl halides is 6. The number of para-hydroxylation sites is 1. The van der Waals surface area contributed by atoms with Gasteiger partial charge in [-0.05, 0) is 82.4 Å². The van der Waals surface area contributed by atoms with Gasteiger partial charge in [0.2, 0.25) is 0 Å². The van der Waals surface area contributed by atoms with E-state index in [0.717, 1.165) is 21.6 Å². The molecule has 0 fully saturated rings. The van der Waals surface area contributed by atoms with Crippen LogP contribution in [-0.4, -0.2) is 16.4 Å². The molecule has 0 spiro atoms. The standard InChI is InChI=1S/C46H26F6N2O2/c47-45(48,49)31-23-30(24-32(26-31)46(50,51)52)33-16-9-19-39-41(33)34-15-7-8-18-37(34)53(39)40-20-10-17-35-42(40)44(56)54(43(35)55)38-22-21-29(27-11-3-1-4-12-27)25-36(38)28-13-5-2-6-14-28/h1-26H. The zero-order chi connectivity index (χ0) is 38.9. The predicted molar refractivity (Wildman–Crippen MR) is 205 cm³/mol. The van der Waals surface area contributed by atoms with E-state index in [1.165, 1.54) is 6.07 Å². The Morgan fingerprint density at radius 3 is 1.68 bits per heavy atom. The Labute approximate surface area is 315 Å². The van der Waals surface area contributed by atoms with Crippen molar-refractivity contribution < 1.29 is 35.9 Å². The van der Waals surface area contributed by atoms with Crippen LogP contribution in [-0.2, 0) is 12.4 Å². The molecule has 9 rings (SSSR count). The van der Waals surface area contributed by atoms with Crippen LogP contribution in [0, 0.1) is 0 Å². The van der Waals surface area contributed by atoms with Crippen molar-refractivity contribution in [3.63, 3.8) is 0 Å². The predicted octanol–water partition coefficient (Wildman–Crippen LogP) is 12.6. The number of halogens is 6. The van der Waals surface area contributed by atoms with E-state index < -0.39 is 35.3 Å². The van der Waals surface area contributed by atoms with Gasteiger partial charge in [-0.1, -0.05) is 103 Å². The summed E-state index contributed by atoms with van der Waals surface area (Å²) in [7, 11) is 0. The maximum atomic E-state index is 14.8. The summed E-state index contributed by atoms with van der Waals surface area (Å²) in [6.07, 6.45) is -10.1. The van der Waals surface area contributed by atoms with Gasteiger partial charge in [-0.3, -0.25) is 9.59 Å². The van der Waals surface area contributed by atoms with Crippen molar-refractivity contribution in [2.24, 2.45) is 0 Å². The van der Waals surface area contributed by atoms with Crippen LogP contribution in [0.5, 0.6) is 0 Å². The third kappa shape index (κ3) is 5.64. The highest BCUT2D eigenvalue weighted by Gasteiger charge is 2.41. The molecule has 1 aliphatic heterocycles. The molecule has 0 N–H and O–H groups in total. The molecule has 1 aliphatic rings. The molecule has 0 saturated heterocycles. The first-order valence-corrected chi connectivity index (χ1v) is 17.5. The number of fused-ring (bicyclic) bond motifs is 4. The second-order valence-electron chi connectivity index (χ2n) is 13.5. The van der Waals surface area contributed by atoms with Crippen LogP contribution in [0.25, 0.3) is 60.9 Å². The second-order valence-corrected chi connectivity index (χ2v) is 13.5. The number of rotatable bonds is 5. The van der Waals surface area contributed by atoms with E-state index in [2.05, 4.69) is 0 Å². The molecule has 8 aromatic rings. The van der Waals surface area contributed by atoms with Gasteiger partial charge in [-0.15, -0.1) is 0 Å². The van der Waals surface area contributed by atoms with E-state index in [0.29, 0.717) is 50.9 Å². The summed E-state index contributed by atoms with van der Waals surface area (Å²) in [5.41, 5.74) is 2.18. The van der Waals surface area contributed by atoms with Gasteiger partial charge >= 0.3 is 12.4 Å². The minimum absolute atomic E-state index is 0.104. The van der Waals surface area contributed by atoms with Crippen molar-refractivity contribution in [3.8, 4) is 39.1 Å². The molecule has 0 saturated carbocycles. The van der Waals surface area contributed by atoms with Crippen LogP contribution >= 0.6 is 0 Å². The number of imide groups is 1. The van der Waals surface area contributed by atoms with Gasteiger partial charge in [-0.25, -0.2) is 4.90 Å². The monoisotopic (exact) mass is 752 g/mol. The van der Waals surface area contributed by atoms with Gasteiger partial charge in [0.05, 0.1) is 44.7 Å². The normalized spacial score (nSPS) is 13.2. The van der Waals surface area contributed by atoms with Gasteiger partial charge < -0.3 is 4.57 Å². The van der Waals surface area contributed by atoms with Gasteiger partial charge in [-0.2, -0.15) is 26.3 Å². The molecular weight excluding hydrogens is 727 g/mol. The molecule has 0 aliphatic carbocycles. The average molecular weight is 753 g/mol. The molecule has 7 aromatic carbocycles. The summed E-state index contributed by atoms with van der Waals surface area (Å²) >= 11 is 0. The summed E-state index contributed by atoms with van der Waals surface area (Å²) in [6, 6.07) is 42.7. The molecule has 2 amide bonds. The Morgan fingerprint density at radius 1 is 0.411 bits per heavy atom. The summed E-state index contributed by atoms with van der Waals surface area (Å²) in [5, 5.41) is 0.905. The smallest absolute Gasteiger partial charge is 0.308 e. The molecule has 0 unspecified atom stereocenters. The molecule has 4 nitrogen and oxygen atoms in total. The third-order valence-electron chi connectivity index (χ3n) is 10.2. The Kier molecular flexibility index (Phi) is 7.98. The average Bonchev–Trinajstić information content (AvgIpc) is 3.68. The lowest BCUT2D eigenvalue weighted by atomic mass is 9.95. The minimum Gasteiger partial charge on any atom is -0.308 e. The second kappa shape index (κ2) is 12.8. The first-order valence-electron chi connectivity index (χ1n) is 17.5. The molecule has 56 heavy (non-hydrogen) atoms. The quantitative estimate of drug-likeness (QED) is 0.130. The number of nitrogens with zero attached hydrogens (tertiary/aromatic N) is 2.